The number of rotatable bonds is 11. The van der Waals surface area contributed by atoms with Gasteiger partial charge in [-0.15, -0.1) is 0 Å². The van der Waals surface area contributed by atoms with E-state index in [9.17, 15) is 14.4 Å². The molecule has 166 valence electrons. The molecule has 2 aromatic rings. The molecule has 3 amide bonds. The summed E-state index contributed by atoms with van der Waals surface area (Å²) in [6.07, 6.45) is 1.96. The van der Waals surface area contributed by atoms with E-state index >= 15 is 0 Å². The summed E-state index contributed by atoms with van der Waals surface area (Å²) in [5.41, 5.74) is 2.45. The zero-order chi connectivity index (χ0) is 22.6. The number of benzene rings is 2. The van der Waals surface area contributed by atoms with E-state index < -0.39 is 0 Å². The molecule has 0 bridgehead atoms. The second kappa shape index (κ2) is 12.4. The normalized spacial score (nSPS) is 10.3. The van der Waals surface area contributed by atoms with E-state index in [2.05, 4.69) is 22.9 Å². The van der Waals surface area contributed by atoms with E-state index in [1.807, 2.05) is 19.9 Å². The molecule has 0 spiro atoms. The molecule has 3 N–H and O–H groups in total. The molecule has 0 saturated carbocycles. The van der Waals surface area contributed by atoms with Crippen molar-refractivity contribution in [2.24, 2.45) is 0 Å². The fraction of sp³-hybridized carbons (Fsp3) is 0.375. The molecule has 0 unspecified atom stereocenters. The Morgan fingerprint density at radius 2 is 1.58 bits per heavy atom. The highest BCUT2D eigenvalue weighted by Gasteiger charge is 2.12. The minimum absolute atomic E-state index is 0.0249. The van der Waals surface area contributed by atoms with Crippen molar-refractivity contribution in [3.05, 3.63) is 59.7 Å². The number of nitrogens with zero attached hydrogens (tertiary/aromatic N) is 1. The van der Waals surface area contributed by atoms with Gasteiger partial charge in [0.25, 0.3) is 11.8 Å². The zero-order valence-electron chi connectivity index (χ0n) is 18.5. The second-order valence-electron chi connectivity index (χ2n) is 7.15. The van der Waals surface area contributed by atoms with Crippen molar-refractivity contribution in [3.63, 3.8) is 0 Å². The number of anilines is 2. The summed E-state index contributed by atoms with van der Waals surface area (Å²) < 4.78 is 0. The number of carbonyl (C=O) groups excluding carboxylic acids is 3. The maximum Gasteiger partial charge on any atom is 0.253 e. The predicted molar refractivity (Wildman–Crippen MR) is 124 cm³/mol. The first-order valence-electron chi connectivity index (χ1n) is 10.8. The third-order valence-electron chi connectivity index (χ3n) is 4.86. The van der Waals surface area contributed by atoms with E-state index in [0.717, 1.165) is 12.8 Å². The Bertz CT molecular complexity index is 877. The quantitative estimate of drug-likeness (QED) is 0.479. The minimum Gasteiger partial charge on any atom is -0.376 e. The van der Waals surface area contributed by atoms with Crippen molar-refractivity contribution in [1.82, 2.24) is 10.2 Å². The van der Waals surface area contributed by atoms with Crippen LogP contribution in [0.1, 0.15) is 54.3 Å². The molecule has 31 heavy (non-hydrogen) atoms. The first-order valence-corrected chi connectivity index (χ1v) is 10.8. The summed E-state index contributed by atoms with van der Waals surface area (Å²) in [7, 11) is 0. The average molecular weight is 425 g/mol. The number of amides is 3. The molecule has 0 aliphatic heterocycles. The molecule has 2 rings (SSSR count). The maximum absolute atomic E-state index is 12.3. The summed E-state index contributed by atoms with van der Waals surface area (Å²) in [4.78, 5) is 38.5. The van der Waals surface area contributed by atoms with Gasteiger partial charge in [-0.05, 0) is 62.7 Å². The lowest BCUT2D eigenvalue weighted by molar-refractivity contribution is -0.114. The van der Waals surface area contributed by atoms with Crippen LogP contribution in [0.5, 0.6) is 0 Å². The summed E-state index contributed by atoms with van der Waals surface area (Å²) in [6, 6.07) is 13.9. The fourth-order valence-electron chi connectivity index (χ4n) is 3.03. The number of hydrogen-bond donors (Lipinski definition) is 3. The van der Waals surface area contributed by atoms with E-state index in [0.29, 0.717) is 42.1 Å². The Labute approximate surface area is 184 Å². The molecular formula is C24H32N4O3. The van der Waals surface area contributed by atoms with Crippen LogP contribution in [0.25, 0.3) is 0 Å². The summed E-state index contributed by atoms with van der Waals surface area (Å²) >= 11 is 0. The molecule has 0 saturated heterocycles. The van der Waals surface area contributed by atoms with Gasteiger partial charge < -0.3 is 20.9 Å². The van der Waals surface area contributed by atoms with Gasteiger partial charge in [0.15, 0.2) is 0 Å². The van der Waals surface area contributed by atoms with Gasteiger partial charge in [0.1, 0.15) is 0 Å². The van der Waals surface area contributed by atoms with Crippen LogP contribution < -0.4 is 16.0 Å². The van der Waals surface area contributed by atoms with Crippen LogP contribution in [0, 0.1) is 0 Å². The fourth-order valence-corrected chi connectivity index (χ4v) is 3.03. The first-order chi connectivity index (χ1) is 15.0. The second-order valence-corrected chi connectivity index (χ2v) is 7.15. The molecule has 0 aromatic heterocycles. The van der Waals surface area contributed by atoms with Crippen molar-refractivity contribution in [1.29, 1.82) is 0 Å². The summed E-state index contributed by atoms with van der Waals surface area (Å²) in [6.45, 7) is 7.97. The van der Waals surface area contributed by atoms with Crippen molar-refractivity contribution < 1.29 is 14.4 Å². The van der Waals surface area contributed by atoms with Crippen LogP contribution in [0.2, 0.25) is 0 Å². The van der Waals surface area contributed by atoms with Gasteiger partial charge >= 0.3 is 0 Å². The summed E-state index contributed by atoms with van der Waals surface area (Å²) in [5, 5.41) is 8.71. The van der Waals surface area contributed by atoms with Crippen LogP contribution in [0.4, 0.5) is 11.4 Å². The van der Waals surface area contributed by atoms with Gasteiger partial charge in [-0.1, -0.05) is 19.4 Å². The van der Waals surface area contributed by atoms with Crippen molar-refractivity contribution in [2.45, 2.75) is 33.6 Å². The van der Waals surface area contributed by atoms with Crippen LogP contribution in [-0.2, 0) is 4.79 Å². The lowest BCUT2D eigenvalue weighted by atomic mass is 10.1. The molecule has 0 aliphatic carbocycles. The molecule has 0 aliphatic rings. The number of hydrogen-bond acceptors (Lipinski definition) is 4. The highest BCUT2D eigenvalue weighted by atomic mass is 16.2. The molecule has 7 nitrogen and oxygen atoms in total. The Morgan fingerprint density at radius 3 is 2.23 bits per heavy atom. The molecule has 0 heterocycles. The summed E-state index contributed by atoms with van der Waals surface area (Å²) in [5.74, 6) is -0.371. The molecule has 0 radical (unpaired) electrons. The van der Waals surface area contributed by atoms with Crippen LogP contribution in [0.3, 0.4) is 0 Å². The van der Waals surface area contributed by atoms with E-state index in [-0.39, 0.29) is 24.3 Å². The third-order valence-corrected chi connectivity index (χ3v) is 4.86. The van der Waals surface area contributed by atoms with Crippen molar-refractivity contribution in [2.75, 3.05) is 36.8 Å². The van der Waals surface area contributed by atoms with Gasteiger partial charge in [-0.3, -0.25) is 14.4 Å². The first kappa shape index (κ1) is 23.9. The molecule has 0 atom stereocenters. The molecule has 2 aromatic carbocycles. The van der Waals surface area contributed by atoms with Gasteiger partial charge in [0, 0.05) is 42.1 Å². The smallest absolute Gasteiger partial charge is 0.253 e. The standard InChI is InChI=1S/C24H32N4O3/c1-4-7-15-25-23(30)19-9-8-10-21(16-19)26-17-22(29)27-20-13-11-18(12-14-20)24(31)28(5-2)6-3/h8-14,16,26H,4-7,15,17H2,1-3H3,(H,25,30)(H,27,29). The highest BCUT2D eigenvalue weighted by Crippen LogP contribution is 2.13. The molecule has 0 fully saturated rings. The average Bonchev–Trinajstić information content (AvgIpc) is 2.79. The van der Waals surface area contributed by atoms with Gasteiger partial charge in [0.05, 0.1) is 6.54 Å². The van der Waals surface area contributed by atoms with E-state index in [1.54, 1.807) is 47.4 Å². The van der Waals surface area contributed by atoms with Crippen molar-refractivity contribution >= 4 is 29.1 Å². The Hall–Kier alpha value is -3.35. The van der Waals surface area contributed by atoms with Gasteiger partial charge in [-0.25, -0.2) is 0 Å². The Balaban J connectivity index is 1.87. The third kappa shape index (κ3) is 7.44. The van der Waals surface area contributed by atoms with E-state index in [1.165, 1.54) is 0 Å². The SMILES string of the molecule is CCCCNC(=O)c1cccc(NCC(=O)Nc2ccc(C(=O)N(CC)CC)cc2)c1. The van der Waals surface area contributed by atoms with Gasteiger partial charge in [0.2, 0.25) is 5.91 Å². The van der Waals surface area contributed by atoms with Crippen LogP contribution >= 0.6 is 0 Å². The number of carbonyl (C=O) groups is 3. The molecule has 7 heteroatoms. The van der Waals surface area contributed by atoms with Crippen LogP contribution in [-0.4, -0.2) is 48.8 Å². The number of nitrogens with one attached hydrogen (secondary N) is 3. The molecular weight excluding hydrogens is 392 g/mol. The lowest BCUT2D eigenvalue weighted by Gasteiger charge is -2.18. The highest BCUT2D eigenvalue weighted by molar-refractivity contribution is 5.97. The van der Waals surface area contributed by atoms with E-state index in [4.69, 9.17) is 0 Å². The zero-order valence-corrected chi connectivity index (χ0v) is 18.5. The number of unbranched alkanes of at least 4 members (excludes halogenated alkanes) is 1. The monoisotopic (exact) mass is 424 g/mol. The Kier molecular flexibility index (Phi) is 9.55. The Morgan fingerprint density at radius 1 is 0.871 bits per heavy atom. The van der Waals surface area contributed by atoms with Gasteiger partial charge in [-0.2, -0.15) is 0 Å². The predicted octanol–water partition coefficient (Wildman–Crippen LogP) is 3.75. The largest absolute Gasteiger partial charge is 0.376 e. The minimum atomic E-state index is -0.222. The lowest BCUT2D eigenvalue weighted by Crippen LogP contribution is -2.30. The van der Waals surface area contributed by atoms with Crippen molar-refractivity contribution in [3.8, 4) is 0 Å². The maximum atomic E-state index is 12.3. The van der Waals surface area contributed by atoms with Crippen LogP contribution in [0.15, 0.2) is 48.5 Å². The topological polar surface area (TPSA) is 90.5 Å².